The normalized spacial score (nSPS) is 19.5. The van der Waals surface area contributed by atoms with Gasteiger partial charge in [0.25, 0.3) is 5.91 Å². The van der Waals surface area contributed by atoms with Crippen LogP contribution in [0.1, 0.15) is 74.7 Å². The van der Waals surface area contributed by atoms with Crippen LogP contribution in [0.25, 0.3) is 0 Å². The van der Waals surface area contributed by atoms with Crippen LogP contribution in [0.2, 0.25) is 0 Å². The largest absolute Gasteiger partial charge is 0.501 e. The van der Waals surface area contributed by atoms with Crippen LogP contribution in [0.15, 0.2) is 64.1 Å². The number of piperidine rings is 1. The van der Waals surface area contributed by atoms with Gasteiger partial charge in [-0.1, -0.05) is 51.6 Å². The molecule has 2 aliphatic heterocycles. The zero-order valence-corrected chi connectivity index (χ0v) is 23.9. The van der Waals surface area contributed by atoms with Crippen LogP contribution in [0.5, 0.6) is 0 Å². The summed E-state index contributed by atoms with van der Waals surface area (Å²) in [6.45, 7) is 8.10. The maximum Gasteiger partial charge on any atom is 0.263 e. The predicted molar refractivity (Wildman–Crippen MR) is 156 cm³/mol. The summed E-state index contributed by atoms with van der Waals surface area (Å²) in [7, 11) is 1.72. The van der Waals surface area contributed by atoms with E-state index in [9.17, 15) is 4.79 Å². The first kappa shape index (κ1) is 28.5. The van der Waals surface area contributed by atoms with E-state index in [1.54, 1.807) is 11.4 Å². The van der Waals surface area contributed by atoms with Crippen LogP contribution in [-0.4, -0.2) is 66.9 Å². The first-order chi connectivity index (χ1) is 18.5. The molecule has 1 aromatic carbocycles. The van der Waals surface area contributed by atoms with Crippen LogP contribution in [0, 0.1) is 0 Å². The minimum atomic E-state index is -0.0891. The number of carbonyl (C=O) groups is 1. The van der Waals surface area contributed by atoms with Crippen LogP contribution >= 0.6 is 12.8 Å². The van der Waals surface area contributed by atoms with Crippen LogP contribution in [0.4, 0.5) is 0 Å². The molecule has 1 aromatic rings. The van der Waals surface area contributed by atoms with Gasteiger partial charge >= 0.3 is 0 Å². The van der Waals surface area contributed by atoms with Gasteiger partial charge in [-0.25, -0.2) is 0 Å². The first-order valence-electron chi connectivity index (χ1n) is 13.9. The summed E-state index contributed by atoms with van der Waals surface area (Å²) in [6, 6.07) is 7.75. The smallest absolute Gasteiger partial charge is 0.263 e. The average Bonchev–Trinajstić information content (AvgIpc) is 3.09. The Labute approximate surface area is 233 Å². The van der Waals surface area contributed by atoms with Gasteiger partial charge in [-0.05, 0) is 74.2 Å². The van der Waals surface area contributed by atoms with Crippen LogP contribution in [-0.2, 0) is 9.47 Å². The number of ether oxygens (including phenoxy) is 2. The van der Waals surface area contributed by atoms with E-state index in [1.807, 2.05) is 24.3 Å². The third-order valence-electron chi connectivity index (χ3n) is 7.41. The quantitative estimate of drug-likeness (QED) is 0.408. The van der Waals surface area contributed by atoms with Crippen LogP contribution in [0.3, 0.4) is 0 Å². The van der Waals surface area contributed by atoms with E-state index in [4.69, 9.17) is 14.5 Å². The van der Waals surface area contributed by atoms with Gasteiger partial charge in [-0.2, -0.15) is 0 Å². The molecule has 0 radical (unpaired) electrons. The Morgan fingerprint density at radius 3 is 2.79 bits per heavy atom. The van der Waals surface area contributed by atoms with Gasteiger partial charge in [0.2, 0.25) is 0 Å². The lowest BCUT2D eigenvalue weighted by atomic mass is 10.0. The zero-order chi connectivity index (χ0) is 26.9. The topological polar surface area (TPSA) is 66.4 Å². The monoisotopic (exact) mass is 538 g/mol. The van der Waals surface area contributed by atoms with E-state index in [0.29, 0.717) is 25.3 Å². The van der Waals surface area contributed by atoms with Crippen molar-refractivity contribution < 1.29 is 14.3 Å². The van der Waals surface area contributed by atoms with E-state index >= 15 is 0 Å². The second kappa shape index (κ2) is 14.0. The molecule has 38 heavy (non-hydrogen) atoms. The Bertz CT molecular complexity index is 1100. The van der Waals surface area contributed by atoms with Crippen molar-refractivity contribution in [1.82, 2.24) is 14.5 Å². The molecule has 4 rings (SSSR count). The number of allylic oxidation sites excluding steroid dienone is 1. The van der Waals surface area contributed by atoms with Gasteiger partial charge in [0, 0.05) is 24.6 Å². The number of hydrogen-bond donors (Lipinski definition) is 2. The minimum Gasteiger partial charge on any atom is -0.501 e. The molecule has 0 unspecified atom stereocenters. The second-order valence-electron chi connectivity index (χ2n) is 10.2. The Balaban J connectivity index is 1.63. The maximum atomic E-state index is 13.3. The lowest BCUT2D eigenvalue weighted by molar-refractivity contribution is 0.0830. The number of methoxy groups -OCH3 is 1. The van der Waals surface area contributed by atoms with Crippen LogP contribution < -0.4 is 5.32 Å². The van der Waals surface area contributed by atoms with Crippen molar-refractivity contribution in [3.8, 4) is 0 Å². The summed E-state index contributed by atoms with van der Waals surface area (Å²) in [5.74, 6) is 0.801. The summed E-state index contributed by atoms with van der Waals surface area (Å²) in [5.41, 5.74) is 5.34. The van der Waals surface area contributed by atoms with Gasteiger partial charge < -0.3 is 14.8 Å². The molecule has 3 aliphatic rings. The SMILES string of the molecule is CCC[C@H](CC)N(S)C(=O)c1cccc(C2=NC3=C(C=C(CN4CCCCC4)C=C(OC)C3)NCOC2)c1. The molecule has 1 saturated heterocycles. The molecular formula is C30H42N4O3S. The Morgan fingerprint density at radius 2 is 2.05 bits per heavy atom. The number of hydrogen-bond acceptors (Lipinski definition) is 7. The van der Waals surface area contributed by atoms with Gasteiger partial charge in [0.05, 0.1) is 30.8 Å². The lowest BCUT2D eigenvalue weighted by Gasteiger charge is -2.27. The molecule has 1 N–H and O–H groups in total. The summed E-state index contributed by atoms with van der Waals surface area (Å²) in [6.07, 6.45) is 11.6. The molecule has 0 spiro atoms. The molecule has 1 fully saturated rings. The van der Waals surface area contributed by atoms with Crippen molar-refractivity contribution in [2.24, 2.45) is 4.99 Å². The number of carbonyl (C=O) groups excluding carboxylic acids is 1. The number of rotatable bonds is 9. The number of benzene rings is 1. The van der Waals surface area contributed by atoms with Crippen molar-refractivity contribution in [3.63, 3.8) is 0 Å². The fourth-order valence-corrected chi connectivity index (χ4v) is 5.66. The molecule has 1 atom stereocenters. The van der Waals surface area contributed by atoms with Gasteiger partial charge in [0.1, 0.15) is 12.5 Å². The van der Waals surface area contributed by atoms with Gasteiger partial charge in [0.15, 0.2) is 0 Å². The van der Waals surface area contributed by atoms with Crippen molar-refractivity contribution in [2.75, 3.05) is 40.1 Å². The third kappa shape index (κ3) is 7.30. The standard InChI is InChI=1S/C30H42N4O3S/c1-4-10-25(5-2)34(38)30(35)24-12-9-11-23(17-24)29-20-37-21-31-27-16-22(19-33-13-7-6-8-14-33)15-26(36-3)18-28(27)32-29/h9,11-12,15-17,25,31,38H,4-8,10,13-14,18-21H2,1-3H3/t25-/m0/s1. The number of nitrogens with zero attached hydrogens (tertiary/aromatic N) is 3. The van der Waals surface area contributed by atoms with Crippen molar-refractivity contribution in [3.05, 3.63) is 70.3 Å². The molecule has 1 amide bonds. The summed E-state index contributed by atoms with van der Waals surface area (Å²) in [4.78, 5) is 20.8. The first-order valence-corrected chi connectivity index (χ1v) is 14.3. The van der Waals surface area contributed by atoms with Gasteiger partial charge in [-0.3, -0.25) is 19.0 Å². The van der Waals surface area contributed by atoms with E-state index in [0.717, 1.165) is 67.3 Å². The Kier molecular flexibility index (Phi) is 10.5. The molecule has 0 aromatic heterocycles. The molecular weight excluding hydrogens is 496 g/mol. The van der Waals surface area contributed by atoms with E-state index < -0.39 is 0 Å². The zero-order valence-electron chi connectivity index (χ0n) is 23.0. The molecule has 1 aliphatic carbocycles. The fraction of sp³-hybridized carbons (Fsp3) is 0.533. The molecule has 7 nitrogen and oxygen atoms in total. The number of aliphatic imine (C=N–C) groups is 1. The molecule has 0 saturated carbocycles. The predicted octanol–water partition coefficient (Wildman–Crippen LogP) is 5.48. The van der Waals surface area contributed by atoms with Gasteiger partial charge in [-0.15, -0.1) is 0 Å². The highest BCUT2D eigenvalue weighted by Crippen LogP contribution is 2.27. The van der Waals surface area contributed by atoms with E-state index in [-0.39, 0.29) is 11.9 Å². The number of nitrogens with one attached hydrogen (secondary N) is 1. The Morgan fingerprint density at radius 1 is 1.24 bits per heavy atom. The highest BCUT2D eigenvalue weighted by atomic mass is 32.1. The summed E-state index contributed by atoms with van der Waals surface area (Å²) < 4.78 is 13.3. The fourth-order valence-electron chi connectivity index (χ4n) is 5.26. The van der Waals surface area contributed by atoms with E-state index in [2.05, 4.69) is 49.0 Å². The molecule has 0 bridgehead atoms. The lowest BCUT2D eigenvalue weighted by Crippen LogP contribution is -2.32. The Hall–Kier alpha value is -2.55. The van der Waals surface area contributed by atoms with Crippen molar-refractivity contribution >= 4 is 24.4 Å². The number of likely N-dealkylation sites (tertiary alicyclic amines) is 1. The van der Waals surface area contributed by atoms with Crippen molar-refractivity contribution in [1.29, 1.82) is 0 Å². The molecule has 8 heteroatoms. The highest BCUT2D eigenvalue weighted by molar-refractivity contribution is 7.78. The summed E-state index contributed by atoms with van der Waals surface area (Å²) >= 11 is 4.57. The third-order valence-corrected chi connectivity index (χ3v) is 7.92. The second-order valence-corrected chi connectivity index (χ2v) is 10.6. The average molecular weight is 539 g/mol. The summed E-state index contributed by atoms with van der Waals surface area (Å²) in [5, 5.41) is 3.42. The molecule has 2 heterocycles. The molecule has 206 valence electrons. The van der Waals surface area contributed by atoms with Crippen molar-refractivity contribution in [2.45, 2.75) is 64.8 Å². The minimum absolute atomic E-state index is 0.0891. The maximum absolute atomic E-state index is 13.3. The highest BCUT2D eigenvalue weighted by Gasteiger charge is 2.22. The number of thiol groups is 1. The number of amides is 1. The van der Waals surface area contributed by atoms with E-state index in [1.165, 1.54) is 24.8 Å².